The molecule has 0 spiro atoms. The van der Waals surface area contributed by atoms with Crippen molar-refractivity contribution in [3.05, 3.63) is 46.5 Å². The number of aromatic amines is 1. The van der Waals surface area contributed by atoms with E-state index in [0.29, 0.717) is 17.4 Å². The summed E-state index contributed by atoms with van der Waals surface area (Å²) >= 11 is 0. The monoisotopic (exact) mass is 257 g/mol. The molecule has 0 fully saturated rings. The van der Waals surface area contributed by atoms with E-state index >= 15 is 0 Å². The Labute approximate surface area is 110 Å². The Balaban J connectivity index is 2.07. The first kappa shape index (κ1) is 13.0. The van der Waals surface area contributed by atoms with Gasteiger partial charge in [-0.15, -0.1) is 0 Å². The lowest BCUT2D eigenvalue weighted by atomic mass is 10.1. The van der Waals surface area contributed by atoms with Crippen LogP contribution in [0.4, 0.5) is 0 Å². The predicted molar refractivity (Wildman–Crippen MR) is 74.7 cm³/mol. The van der Waals surface area contributed by atoms with Gasteiger partial charge in [-0.3, -0.25) is 9.59 Å². The number of nitrogens with zero attached hydrogens (tertiary/aromatic N) is 1. The van der Waals surface area contributed by atoms with Crippen molar-refractivity contribution in [3.8, 4) is 0 Å². The van der Waals surface area contributed by atoms with Crippen LogP contribution in [0, 0.1) is 0 Å². The molecule has 0 saturated heterocycles. The van der Waals surface area contributed by atoms with Crippen molar-refractivity contribution in [1.29, 1.82) is 0 Å². The molecule has 0 radical (unpaired) electrons. The fraction of sp³-hybridized carbons (Fsp3) is 0.214. The third-order valence-electron chi connectivity index (χ3n) is 2.66. The summed E-state index contributed by atoms with van der Waals surface area (Å²) < 4.78 is 0. The van der Waals surface area contributed by atoms with Crippen LogP contribution in [0.15, 0.2) is 35.4 Å². The molecule has 2 N–H and O–H groups in total. The minimum Gasteiger partial charge on any atom is -0.356 e. The lowest BCUT2D eigenvalue weighted by Gasteiger charge is -1.99. The summed E-state index contributed by atoms with van der Waals surface area (Å²) in [5.41, 5.74) is 1.52. The molecule has 0 atom stereocenters. The van der Waals surface area contributed by atoms with E-state index in [1.165, 1.54) is 13.3 Å². The highest BCUT2D eigenvalue weighted by Crippen LogP contribution is 2.10. The van der Waals surface area contributed by atoms with Crippen LogP contribution in [-0.2, 0) is 4.79 Å². The number of hydrogen-bond donors (Lipinski definition) is 2. The van der Waals surface area contributed by atoms with E-state index in [1.807, 2.05) is 24.3 Å². The molecule has 0 unspecified atom stereocenters. The Morgan fingerprint density at radius 2 is 2.32 bits per heavy atom. The smallest absolute Gasteiger partial charge is 0.258 e. The molecule has 19 heavy (non-hydrogen) atoms. The first-order valence-electron chi connectivity index (χ1n) is 6.05. The first-order chi connectivity index (χ1) is 9.16. The van der Waals surface area contributed by atoms with Crippen molar-refractivity contribution in [2.45, 2.75) is 13.3 Å². The highest BCUT2D eigenvalue weighted by atomic mass is 16.1. The first-order valence-corrected chi connectivity index (χ1v) is 6.05. The second-order valence-electron chi connectivity index (χ2n) is 4.18. The van der Waals surface area contributed by atoms with Crippen LogP contribution >= 0.6 is 0 Å². The third-order valence-corrected chi connectivity index (χ3v) is 2.66. The Hall–Kier alpha value is -2.43. The van der Waals surface area contributed by atoms with Crippen LogP contribution in [0.5, 0.6) is 0 Å². The van der Waals surface area contributed by atoms with E-state index in [9.17, 15) is 9.59 Å². The maximum Gasteiger partial charge on any atom is 0.258 e. The highest BCUT2D eigenvalue weighted by molar-refractivity contribution is 5.79. The van der Waals surface area contributed by atoms with Crippen LogP contribution in [-0.4, -0.2) is 22.4 Å². The summed E-state index contributed by atoms with van der Waals surface area (Å²) in [7, 11) is 0. The van der Waals surface area contributed by atoms with Gasteiger partial charge in [-0.1, -0.05) is 18.2 Å². The van der Waals surface area contributed by atoms with Gasteiger partial charge in [0, 0.05) is 13.5 Å². The van der Waals surface area contributed by atoms with E-state index in [0.717, 1.165) is 12.0 Å². The van der Waals surface area contributed by atoms with Gasteiger partial charge in [-0.2, -0.15) is 0 Å². The maximum absolute atomic E-state index is 11.5. The quantitative estimate of drug-likeness (QED) is 0.814. The highest BCUT2D eigenvalue weighted by Gasteiger charge is 1.98. The van der Waals surface area contributed by atoms with Gasteiger partial charge in [0.15, 0.2) is 0 Å². The molecule has 1 aromatic heterocycles. The Kier molecular flexibility index (Phi) is 4.07. The lowest BCUT2D eigenvalue weighted by molar-refractivity contribution is -0.118. The number of hydrogen-bond acceptors (Lipinski definition) is 3. The van der Waals surface area contributed by atoms with Crippen LogP contribution in [0.25, 0.3) is 17.0 Å². The average molecular weight is 257 g/mol. The molecule has 2 rings (SSSR count). The van der Waals surface area contributed by atoms with Crippen molar-refractivity contribution in [1.82, 2.24) is 15.3 Å². The molecule has 0 aliphatic rings. The van der Waals surface area contributed by atoms with E-state index in [2.05, 4.69) is 15.3 Å². The summed E-state index contributed by atoms with van der Waals surface area (Å²) in [6.45, 7) is 2.12. The van der Waals surface area contributed by atoms with Crippen LogP contribution in [0.1, 0.15) is 18.9 Å². The number of aromatic nitrogens is 2. The summed E-state index contributed by atoms with van der Waals surface area (Å²) in [5, 5.41) is 3.30. The van der Waals surface area contributed by atoms with Gasteiger partial charge in [0.2, 0.25) is 5.91 Å². The number of carbonyl (C=O) groups excluding carboxylic acids is 1. The van der Waals surface area contributed by atoms with E-state index in [-0.39, 0.29) is 11.5 Å². The number of nitrogens with one attached hydrogen (secondary N) is 2. The number of H-pyrrole nitrogens is 1. The molecule has 0 bridgehead atoms. The van der Waals surface area contributed by atoms with Crippen molar-refractivity contribution in [2.75, 3.05) is 6.54 Å². The minimum atomic E-state index is -0.133. The SMILES string of the molecule is CC(=O)NCCC=Cc1ccc2c(=O)[nH]cnc2c1. The molecular weight excluding hydrogens is 242 g/mol. The molecule has 1 heterocycles. The number of benzene rings is 1. The summed E-state index contributed by atoms with van der Waals surface area (Å²) in [6, 6.07) is 5.49. The van der Waals surface area contributed by atoms with Gasteiger partial charge >= 0.3 is 0 Å². The van der Waals surface area contributed by atoms with Crippen molar-refractivity contribution >= 4 is 22.9 Å². The molecule has 0 aliphatic carbocycles. The number of carbonyl (C=O) groups is 1. The third kappa shape index (κ3) is 3.51. The molecule has 1 aromatic carbocycles. The van der Waals surface area contributed by atoms with Crippen LogP contribution in [0.2, 0.25) is 0 Å². The molecule has 2 aromatic rings. The largest absolute Gasteiger partial charge is 0.356 e. The fourth-order valence-electron chi connectivity index (χ4n) is 1.74. The number of rotatable bonds is 4. The van der Waals surface area contributed by atoms with Crippen molar-refractivity contribution in [3.63, 3.8) is 0 Å². The zero-order chi connectivity index (χ0) is 13.7. The second kappa shape index (κ2) is 5.95. The molecule has 0 saturated carbocycles. The fourth-order valence-corrected chi connectivity index (χ4v) is 1.74. The Morgan fingerprint density at radius 1 is 1.47 bits per heavy atom. The zero-order valence-corrected chi connectivity index (χ0v) is 10.6. The normalized spacial score (nSPS) is 11.0. The van der Waals surface area contributed by atoms with Gasteiger partial charge < -0.3 is 10.3 Å². The van der Waals surface area contributed by atoms with E-state index < -0.39 is 0 Å². The minimum absolute atomic E-state index is 0.0254. The lowest BCUT2D eigenvalue weighted by Crippen LogP contribution is -2.20. The standard InChI is InChI=1S/C14H15N3O2/c1-10(18)15-7-3-2-4-11-5-6-12-13(8-11)16-9-17-14(12)19/h2,4-6,8-9H,3,7H2,1H3,(H,15,18)(H,16,17,19). The molecular formula is C14H15N3O2. The molecule has 5 nitrogen and oxygen atoms in total. The summed E-state index contributed by atoms with van der Waals surface area (Å²) in [6.07, 6.45) is 6.09. The van der Waals surface area contributed by atoms with Gasteiger partial charge in [-0.25, -0.2) is 4.98 Å². The average Bonchev–Trinajstić information content (AvgIpc) is 2.38. The summed E-state index contributed by atoms with van der Waals surface area (Å²) in [4.78, 5) is 28.8. The van der Waals surface area contributed by atoms with E-state index in [1.54, 1.807) is 6.07 Å². The van der Waals surface area contributed by atoms with E-state index in [4.69, 9.17) is 0 Å². The molecule has 98 valence electrons. The molecule has 1 amide bonds. The Bertz CT molecular complexity index is 674. The van der Waals surface area contributed by atoms with Gasteiger partial charge in [0.1, 0.15) is 0 Å². The maximum atomic E-state index is 11.5. The summed E-state index contributed by atoms with van der Waals surface area (Å²) in [5.74, 6) is -0.0254. The topological polar surface area (TPSA) is 74.8 Å². The van der Waals surface area contributed by atoms with Gasteiger partial charge in [0.25, 0.3) is 5.56 Å². The molecule has 0 aliphatic heterocycles. The molecule has 5 heteroatoms. The van der Waals surface area contributed by atoms with Crippen LogP contribution < -0.4 is 10.9 Å². The number of fused-ring (bicyclic) bond motifs is 1. The number of amides is 1. The zero-order valence-electron chi connectivity index (χ0n) is 10.6. The predicted octanol–water partition coefficient (Wildman–Crippen LogP) is 1.46. The van der Waals surface area contributed by atoms with Crippen molar-refractivity contribution < 1.29 is 4.79 Å². The van der Waals surface area contributed by atoms with Crippen LogP contribution in [0.3, 0.4) is 0 Å². The Morgan fingerprint density at radius 3 is 3.11 bits per heavy atom. The van der Waals surface area contributed by atoms with Crippen molar-refractivity contribution in [2.24, 2.45) is 0 Å². The van der Waals surface area contributed by atoms with Gasteiger partial charge in [0.05, 0.1) is 17.2 Å². The second-order valence-corrected chi connectivity index (χ2v) is 4.18. The van der Waals surface area contributed by atoms with Gasteiger partial charge in [-0.05, 0) is 24.1 Å².